The van der Waals surface area contributed by atoms with Gasteiger partial charge < -0.3 is 4.74 Å². The summed E-state index contributed by atoms with van der Waals surface area (Å²) in [5, 5.41) is 0. The molecule has 1 aliphatic carbocycles. The molecule has 0 saturated heterocycles. The summed E-state index contributed by atoms with van der Waals surface area (Å²) in [5.74, 6) is 0.476. The second kappa shape index (κ2) is 4.29. The average Bonchev–Trinajstić information content (AvgIpc) is 2.52. The number of hydrogen-bond donors (Lipinski definition) is 0. The molecule has 1 fully saturated rings. The van der Waals surface area contributed by atoms with Gasteiger partial charge in [0.1, 0.15) is 6.10 Å². The highest BCUT2D eigenvalue weighted by Gasteiger charge is 2.25. The van der Waals surface area contributed by atoms with Crippen molar-refractivity contribution in [1.29, 1.82) is 0 Å². The topological polar surface area (TPSA) is 26.3 Å². The molecule has 0 aliphatic heterocycles. The lowest BCUT2D eigenvalue weighted by atomic mass is 10.1. The van der Waals surface area contributed by atoms with Crippen LogP contribution in [0.2, 0.25) is 0 Å². The molecule has 0 spiro atoms. The van der Waals surface area contributed by atoms with E-state index in [1.807, 2.05) is 0 Å². The molecule has 68 valence electrons. The zero-order valence-corrected chi connectivity index (χ0v) is 7.58. The Hall–Kier alpha value is -0.790. The minimum Gasteiger partial charge on any atom is -0.459 e. The number of hydrogen-bond acceptors (Lipinski definition) is 2. The molecule has 2 atom stereocenters. The molecule has 0 aromatic carbocycles. The number of ether oxygens (including phenoxy) is 1. The third-order valence-electron chi connectivity index (χ3n) is 2.52. The molecule has 0 heterocycles. The van der Waals surface area contributed by atoms with Gasteiger partial charge in [0.05, 0.1) is 0 Å². The van der Waals surface area contributed by atoms with E-state index in [0.717, 1.165) is 18.8 Å². The Balaban J connectivity index is 2.27. The summed E-state index contributed by atoms with van der Waals surface area (Å²) in [6, 6.07) is 0. The highest BCUT2D eigenvalue weighted by atomic mass is 16.5. The monoisotopic (exact) mass is 168 g/mol. The number of carbonyl (C=O) groups excluding carboxylic acids is 1. The molecule has 0 aromatic heterocycles. The molecule has 0 aromatic rings. The average molecular weight is 168 g/mol. The minimum atomic E-state index is -0.281. The van der Waals surface area contributed by atoms with Crippen LogP contribution in [0, 0.1) is 5.92 Å². The number of carbonyl (C=O) groups is 1. The van der Waals surface area contributed by atoms with E-state index in [-0.39, 0.29) is 12.1 Å². The fraction of sp³-hybridized carbons (Fsp3) is 0.700. The summed E-state index contributed by atoms with van der Waals surface area (Å²) in [6.07, 6.45) is 5.85. The molecular weight excluding hydrogens is 152 g/mol. The highest BCUT2D eigenvalue weighted by Crippen LogP contribution is 2.29. The van der Waals surface area contributed by atoms with Crippen molar-refractivity contribution in [3.8, 4) is 0 Å². The predicted molar refractivity (Wildman–Crippen MR) is 47.7 cm³/mol. The summed E-state index contributed by atoms with van der Waals surface area (Å²) in [4.78, 5) is 10.8. The number of esters is 1. The molecule has 0 bridgehead atoms. The maximum Gasteiger partial charge on any atom is 0.330 e. The van der Waals surface area contributed by atoms with Crippen molar-refractivity contribution >= 4 is 5.97 Å². The van der Waals surface area contributed by atoms with Gasteiger partial charge in [0.15, 0.2) is 0 Å². The van der Waals surface area contributed by atoms with Crippen LogP contribution in [-0.2, 0) is 9.53 Å². The molecule has 1 saturated carbocycles. The van der Waals surface area contributed by atoms with Crippen molar-refractivity contribution in [3.63, 3.8) is 0 Å². The van der Waals surface area contributed by atoms with Crippen LogP contribution in [0.5, 0.6) is 0 Å². The van der Waals surface area contributed by atoms with Crippen LogP contribution >= 0.6 is 0 Å². The Bertz CT molecular complexity index is 175. The quantitative estimate of drug-likeness (QED) is 0.477. The predicted octanol–water partition coefficient (Wildman–Crippen LogP) is 2.29. The van der Waals surface area contributed by atoms with Crippen LogP contribution in [0.25, 0.3) is 0 Å². The van der Waals surface area contributed by atoms with E-state index in [1.165, 1.54) is 18.9 Å². The lowest BCUT2D eigenvalue weighted by molar-refractivity contribution is -0.142. The first-order valence-electron chi connectivity index (χ1n) is 4.59. The smallest absolute Gasteiger partial charge is 0.330 e. The zero-order valence-electron chi connectivity index (χ0n) is 7.58. The summed E-state index contributed by atoms with van der Waals surface area (Å²) in [7, 11) is 0. The molecule has 0 radical (unpaired) electrons. The second-order valence-electron chi connectivity index (χ2n) is 3.35. The largest absolute Gasteiger partial charge is 0.459 e. The molecule has 0 N–H and O–H groups in total. The maximum absolute atomic E-state index is 10.8. The summed E-state index contributed by atoms with van der Waals surface area (Å²) in [6.45, 7) is 5.55. The molecule has 1 rings (SSSR count). The standard InChI is InChI=1S/C10H16O2/c1-3-8-5-6-9(7-8)12-10(11)4-2/h4,8-9H,2-3,5-7H2,1H3. The fourth-order valence-corrected chi connectivity index (χ4v) is 1.72. The molecule has 0 amide bonds. The van der Waals surface area contributed by atoms with E-state index >= 15 is 0 Å². The van der Waals surface area contributed by atoms with Crippen LogP contribution in [0.1, 0.15) is 32.6 Å². The SMILES string of the molecule is C=CC(=O)OC1CCC(CC)C1. The fourth-order valence-electron chi connectivity index (χ4n) is 1.72. The first-order chi connectivity index (χ1) is 5.76. The van der Waals surface area contributed by atoms with E-state index in [9.17, 15) is 4.79 Å². The molecule has 2 unspecified atom stereocenters. The van der Waals surface area contributed by atoms with Gasteiger partial charge in [0.25, 0.3) is 0 Å². The van der Waals surface area contributed by atoms with Gasteiger partial charge in [-0.1, -0.05) is 19.9 Å². The van der Waals surface area contributed by atoms with Gasteiger partial charge in [-0.3, -0.25) is 0 Å². The van der Waals surface area contributed by atoms with Gasteiger partial charge in [0, 0.05) is 6.08 Å². The van der Waals surface area contributed by atoms with Crippen LogP contribution in [0.15, 0.2) is 12.7 Å². The Labute approximate surface area is 73.6 Å². The maximum atomic E-state index is 10.8. The second-order valence-corrected chi connectivity index (χ2v) is 3.35. The lowest BCUT2D eigenvalue weighted by Gasteiger charge is -2.09. The van der Waals surface area contributed by atoms with E-state index < -0.39 is 0 Å². The Morgan fingerprint density at radius 3 is 2.92 bits per heavy atom. The molecule has 2 heteroatoms. The van der Waals surface area contributed by atoms with E-state index in [2.05, 4.69) is 13.5 Å². The highest BCUT2D eigenvalue weighted by molar-refractivity contribution is 5.81. The van der Waals surface area contributed by atoms with Gasteiger partial charge in [-0.25, -0.2) is 4.79 Å². The van der Waals surface area contributed by atoms with Crippen LogP contribution in [0.3, 0.4) is 0 Å². The third kappa shape index (κ3) is 2.36. The molecule has 1 aliphatic rings. The van der Waals surface area contributed by atoms with Crippen LogP contribution < -0.4 is 0 Å². The van der Waals surface area contributed by atoms with Crippen molar-refractivity contribution in [3.05, 3.63) is 12.7 Å². The Morgan fingerprint density at radius 1 is 1.67 bits per heavy atom. The zero-order chi connectivity index (χ0) is 8.97. The summed E-state index contributed by atoms with van der Waals surface area (Å²) in [5.41, 5.74) is 0. The van der Waals surface area contributed by atoms with Crippen LogP contribution in [-0.4, -0.2) is 12.1 Å². The Kier molecular flexibility index (Phi) is 3.32. The molecule has 2 nitrogen and oxygen atoms in total. The van der Waals surface area contributed by atoms with Crippen molar-refractivity contribution in [2.45, 2.75) is 38.7 Å². The Morgan fingerprint density at radius 2 is 2.42 bits per heavy atom. The summed E-state index contributed by atoms with van der Waals surface area (Å²) >= 11 is 0. The van der Waals surface area contributed by atoms with E-state index in [1.54, 1.807) is 0 Å². The number of rotatable bonds is 3. The minimum absolute atomic E-state index is 0.153. The van der Waals surface area contributed by atoms with E-state index in [0.29, 0.717) is 0 Å². The third-order valence-corrected chi connectivity index (χ3v) is 2.52. The summed E-state index contributed by atoms with van der Waals surface area (Å²) < 4.78 is 5.14. The first kappa shape index (κ1) is 9.30. The lowest BCUT2D eigenvalue weighted by Crippen LogP contribution is -2.12. The van der Waals surface area contributed by atoms with Gasteiger partial charge in [0.2, 0.25) is 0 Å². The van der Waals surface area contributed by atoms with Gasteiger partial charge >= 0.3 is 5.97 Å². The van der Waals surface area contributed by atoms with Crippen molar-refractivity contribution in [2.75, 3.05) is 0 Å². The van der Waals surface area contributed by atoms with Gasteiger partial charge in [-0.05, 0) is 25.2 Å². The van der Waals surface area contributed by atoms with Crippen LogP contribution in [0.4, 0.5) is 0 Å². The first-order valence-corrected chi connectivity index (χ1v) is 4.59. The molecule has 12 heavy (non-hydrogen) atoms. The molecular formula is C10H16O2. The van der Waals surface area contributed by atoms with Crippen molar-refractivity contribution in [2.24, 2.45) is 5.92 Å². The van der Waals surface area contributed by atoms with Gasteiger partial charge in [-0.2, -0.15) is 0 Å². The van der Waals surface area contributed by atoms with Crippen molar-refractivity contribution < 1.29 is 9.53 Å². The normalized spacial score (nSPS) is 28.4. The van der Waals surface area contributed by atoms with Gasteiger partial charge in [-0.15, -0.1) is 0 Å². The van der Waals surface area contributed by atoms with E-state index in [4.69, 9.17) is 4.74 Å². The van der Waals surface area contributed by atoms with Crippen molar-refractivity contribution in [1.82, 2.24) is 0 Å².